The van der Waals surface area contributed by atoms with Crippen LogP contribution in [0.2, 0.25) is 0 Å². The summed E-state index contributed by atoms with van der Waals surface area (Å²) in [4.78, 5) is 19.2. The van der Waals surface area contributed by atoms with Crippen LogP contribution in [0.5, 0.6) is 5.75 Å². The summed E-state index contributed by atoms with van der Waals surface area (Å²) in [7, 11) is 0. The van der Waals surface area contributed by atoms with E-state index in [0.717, 1.165) is 0 Å². The van der Waals surface area contributed by atoms with Crippen molar-refractivity contribution in [2.45, 2.75) is 6.92 Å². The van der Waals surface area contributed by atoms with E-state index in [1.54, 1.807) is 24.3 Å². The van der Waals surface area contributed by atoms with Crippen molar-refractivity contribution in [1.82, 2.24) is 0 Å². The summed E-state index contributed by atoms with van der Waals surface area (Å²) in [5.74, 6) is 0.0524. The van der Waals surface area contributed by atoms with Gasteiger partial charge in [0.05, 0.1) is 0 Å². The van der Waals surface area contributed by atoms with E-state index in [2.05, 4.69) is 9.78 Å². The van der Waals surface area contributed by atoms with Gasteiger partial charge in [-0.2, -0.15) is 0 Å². The predicted octanol–water partition coefficient (Wildman–Crippen LogP) is 0.895. The molecule has 0 N–H and O–H groups in total. The summed E-state index contributed by atoms with van der Waals surface area (Å²) in [6.45, 7) is 1.28. The Morgan fingerprint density at radius 1 is 1.25 bits per heavy atom. The first kappa shape index (κ1) is 11.5. The van der Waals surface area contributed by atoms with Crippen molar-refractivity contribution in [2.24, 2.45) is 0 Å². The Morgan fingerprint density at radius 3 is 2.33 bits per heavy atom. The first-order valence-electron chi connectivity index (χ1n) is 3.19. The molecule has 12 heavy (non-hydrogen) atoms. The summed E-state index contributed by atoms with van der Waals surface area (Å²) in [5, 5.41) is 0. The third kappa shape index (κ3) is 4.38. The second-order valence-corrected chi connectivity index (χ2v) is 1.97. The van der Waals surface area contributed by atoms with E-state index < -0.39 is 5.97 Å². The molecule has 0 aromatic heterocycles. The predicted molar refractivity (Wildman–Crippen MR) is 46.0 cm³/mol. The number of hydrogen-bond donors (Lipinski definition) is 0. The molecule has 0 spiro atoms. The van der Waals surface area contributed by atoms with Crippen LogP contribution in [0.25, 0.3) is 0 Å². The standard InChI is InChI=1S/C8H8O3.Na.H/c1-7(9)10-11-8-5-3-2-4-6-8;;/h2-6H,1H3;;. The average molecular weight is 176 g/mol. The number of hydrogen-bond acceptors (Lipinski definition) is 3. The van der Waals surface area contributed by atoms with Crippen LogP contribution in [-0.4, -0.2) is 35.5 Å². The number of carbonyl (C=O) groups is 1. The zero-order valence-corrected chi connectivity index (χ0v) is 6.11. The normalized spacial score (nSPS) is 8.08. The van der Waals surface area contributed by atoms with Crippen molar-refractivity contribution in [3.63, 3.8) is 0 Å². The number of para-hydroxylation sites is 1. The Morgan fingerprint density at radius 2 is 1.83 bits per heavy atom. The van der Waals surface area contributed by atoms with Crippen molar-refractivity contribution >= 4 is 35.5 Å². The van der Waals surface area contributed by atoms with Gasteiger partial charge in [0, 0.05) is 6.92 Å². The van der Waals surface area contributed by atoms with Crippen molar-refractivity contribution in [2.75, 3.05) is 0 Å². The van der Waals surface area contributed by atoms with Gasteiger partial charge in [-0.3, -0.25) is 9.78 Å². The summed E-state index contributed by atoms with van der Waals surface area (Å²) in [6, 6.07) is 8.82. The number of carbonyl (C=O) groups excluding carboxylic acids is 1. The maximum atomic E-state index is 10.3. The summed E-state index contributed by atoms with van der Waals surface area (Å²) in [6.07, 6.45) is 0. The molecule has 0 fully saturated rings. The van der Waals surface area contributed by atoms with E-state index >= 15 is 0 Å². The van der Waals surface area contributed by atoms with E-state index in [4.69, 9.17) is 0 Å². The molecule has 4 heteroatoms. The summed E-state index contributed by atoms with van der Waals surface area (Å²) < 4.78 is 0. The number of rotatable bonds is 2. The zero-order chi connectivity index (χ0) is 8.10. The first-order valence-corrected chi connectivity index (χ1v) is 3.19. The molecule has 0 aliphatic rings. The molecule has 1 aromatic rings. The van der Waals surface area contributed by atoms with Gasteiger partial charge >= 0.3 is 35.5 Å². The van der Waals surface area contributed by atoms with Crippen LogP contribution in [0.4, 0.5) is 0 Å². The monoisotopic (exact) mass is 176 g/mol. The second kappa shape index (κ2) is 6.06. The van der Waals surface area contributed by atoms with E-state index in [1.165, 1.54) is 6.92 Å². The average Bonchev–Trinajstić information content (AvgIpc) is 2.03. The SMILES string of the molecule is CC(=O)OOc1ccccc1.[NaH]. The van der Waals surface area contributed by atoms with Crippen LogP contribution in [0.1, 0.15) is 6.92 Å². The molecule has 0 bridgehead atoms. The molecule has 1 rings (SSSR count). The van der Waals surface area contributed by atoms with Crippen molar-refractivity contribution in [3.8, 4) is 5.75 Å². The van der Waals surface area contributed by atoms with Gasteiger partial charge in [0.1, 0.15) is 0 Å². The van der Waals surface area contributed by atoms with E-state index in [9.17, 15) is 4.79 Å². The van der Waals surface area contributed by atoms with Crippen molar-refractivity contribution < 1.29 is 14.6 Å². The molecule has 0 radical (unpaired) electrons. The Hall–Kier alpha value is -0.510. The van der Waals surface area contributed by atoms with Gasteiger partial charge in [0.15, 0.2) is 5.75 Å². The second-order valence-electron chi connectivity index (χ2n) is 1.97. The summed E-state index contributed by atoms with van der Waals surface area (Å²) in [5.41, 5.74) is 0. The molecule has 3 nitrogen and oxygen atoms in total. The summed E-state index contributed by atoms with van der Waals surface area (Å²) >= 11 is 0. The van der Waals surface area contributed by atoms with Crippen LogP contribution in [0.15, 0.2) is 30.3 Å². The molecule has 0 saturated carbocycles. The minimum absolute atomic E-state index is 0. The molecule has 0 saturated heterocycles. The molecule has 0 aliphatic heterocycles. The third-order valence-corrected chi connectivity index (χ3v) is 0.998. The first-order chi connectivity index (χ1) is 5.29. The Labute approximate surface area is 92.9 Å². The Bertz CT molecular complexity index is 235. The van der Waals surface area contributed by atoms with Gasteiger partial charge in [-0.15, -0.1) is 0 Å². The van der Waals surface area contributed by atoms with E-state index in [-0.39, 0.29) is 29.6 Å². The fourth-order valence-electron chi connectivity index (χ4n) is 0.583. The van der Waals surface area contributed by atoms with Gasteiger partial charge in [-0.1, -0.05) is 18.2 Å². The molecule has 0 amide bonds. The topological polar surface area (TPSA) is 35.5 Å². The van der Waals surface area contributed by atoms with Gasteiger partial charge in [0.2, 0.25) is 0 Å². The molecule has 0 aliphatic carbocycles. The molecular formula is C8H9NaO3. The van der Waals surface area contributed by atoms with Gasteiger partial charge < -0.3 is 0 Å². The minimum atomic E-state index is -0.464. The third-order valence-electron chi connectivity index (χ3n) is 0.998. The maximum absolute atomic E-state index is 10.3. The molecule has 1 aromatic carbocycles. The Balaban J connectivity index is 0.00000121. The Kier molecular flexibility index (Phi) is 5.80. The van der Waals surface area contributed by atoms with Crippen LogP contribution in [-0.2, 0) is 9.68 Å². The molecule has 0 heterocycles. The molecule has 0 unspecified atom stereocenters. The quantitative estimate of drug-likeness (QED) is 0.381. The van der Waals surface area contributed by atoms with E-state index in [1.807, 2.05) is 6.07 Å². The van der Waals surface area contributed by atoms with Gasteiger partial charge in [-0.25, -0.2) is 4.79 Å². The van der Waals surface area contributed by atoms with Gasteiger partial charge in [0.25, 0.3) is 0 Å². The van der Waals surface area contributed by atoms with E-state index in [0.29, 0.717) is 5.75 Å². The van der Waals surface area contributed by atoms with Crippen molar-refractivity contribution in [3.05, 3.63) is 30.3 Å². The van der Waals surface area contributed by atoms with Crippen LogP contribution in [0.3, 0.4) is 0 Å². The fraction of sp³-hybridized carbons (Fsp3) is 0.125. The molecule has 0 atom stereocenters. The molecule has 60 valence electrons. The fourth-order valence-corrected chi connectivity index (χ4v) is 0.583. The molecular weight excluding hydrogens is 167 g/mol. The number of benzene rings is 1. The van der Waals surface area contributed by atoms with Gasteiger partial charge in [-0.05, 0) is 12.1 Å². The van der Waals surface area contributed by atoms with Crippen LogP contribution < -0.4 is 4.89 Å². The zero-order valence-electron chi connectivity index (χ0n) is 6.11. The van der Waals surface area contributed by atoms with Crippen LogP contribution >= 0.6 is 0 Å². The van der Waals surface area contributed by atoms with Crippen molar-refractivity contribution in [1.29, 1.82) is 0 Å². The van der Waals surface area contributed by atoms with Crippen LogP contribution in [0, 0.1) is 0 Å².